The predicted octanol–water partition coefficient (Wildman–Crippen LogP) is 2.91. The van der Waals surface area contributed by atoms with Crippen molar-refractivity contribution in [1.82, 2.24) is 4.57 Å². The molecule has 0 radical (unpaired) electrons. The molecule has 0 atom stereocenters. The van der Waals surface area contributed by atoms with Crippen molar-refractivity contribution < 1.29 is 14.6 Å². The van der Waals surface area contributed by atoms with Gasteiger partial charge in [-0.2, -0.15) is 0 Å². The van der Waals surface area contributed by atoms with Crippen LogP contribution < -0.4 is 10.3 Å². The van der Waals surface area contributed by atoms with Gasteiger partial charge in [-0.15, -0.1) is 0 Å². The van der Waals surface area contributed by atoms with Crippen molar-refractivity contribution in [3.05, 3.63) is 64.6 Å². The number of benzene rings is 2. The molecule has 0 unspecified atom stereocenters. The van der Waals surface area contributed by atoms with Gasteiger partial charge in [0.05, 0.1) is 12.5 Å². The number of nitrogens with zero attached hydrogens (tertiary/aromatic N) is 1. The average molecular weight is 309 g/mol. The fourth-order valence-electron chi connectivity index (χ4n) is 2.77. The molecule has 5 nitrogen and oxygen atoms in total. The Morgan fingerprint density at radius 1 is 1.09 bits per heavy atom. The molecule has 0 fully saturated rings. The quantitative estimate of drug-likeness (QED) is 0.807. The standard InChI is InChI=1S/C18H15NO4/c1-19-16(18(21)22)15(11-6-4-3-5-7-11)13-9-8-12(23-2)10-14(13)17(19)20/h3-10H,1-2H3,(H,21,22). The van der Waals surface area contributed by atoms with E-state index in [1.165, 1.54) is 18.7 Å². The minimum absolute atomic E-state index is 0.0288. The maximum absolute atomic E-state index is 12.5. The number of carboxylic acid groups (broad SMARTS) is 1. The smallest absolute Gasteiger partial charge is 0.353 e. The molecule has 1 aromatic heterocycles. The van der Waals surface area contributed by atoms with Crippen molar-refractivity contribution >= 4 is 16.7 Å². The molecule has 5 heteroatoms. The molecule has 23 heavy (non-hydrogen) atoms. The van der Waals surface area contributed by atoms with E-state index in [2.05, 4.69) is 0 Å². The second kappa shape index (κ2) is 5.61. The minimum atomic E-state index is -1.14. The predicted molar refractivity (Wildman–Crippen MR) is 88.1 cm³/mol. The summed E-state index contributed by atoms with van der Waals surface area (Å²) in [6, 6.07) is 14.3. The third-order valence-electron chi connectivity index (χ3n) is 3.87. The molecule has 116 valence electrons. The van der Waals surface area contributed by atoms with Crippen LogP contribution in [0.3, 0.4) is 0 Å². The SMILES string of the molecule is COc1ccc2c(-c3ccccc3)c(C(=O)O)n(C)c(=O)c2c1. The lowest BCUT2D eigenvalue weighted by Gasteiger charge is -2.15. The Kier molecular flexibility index (Phi) is 3.62. The van der Waals surface area contributed by atoms with Gasteiger partial charge in [-0.1, -0.05) is 30.3 Å². The highest BCUT2D eigenvalue weighted by molar-refractivity contribution is 6.06. The molecule has 0 aliphatic heterocycles. The molecule has 3 aromatic rings. The molecule has 0 saturated heterocycles. The zero-order valence-corrected chi connectivity index (χ0v) is 12.7. The lowest BCUT2D eigenvalue weighted by Crippen LogP contribution is -2.24. The Labute approximate surface area is 132 Å². The second-order valence-corrected chi connectivity index (χ2v) is 5.17. The van der Waals surface area contributed by atoms with Crippen LogP contribution in [-0.2, 0) is 7.05 Å². The van der Waals surface area contributed by atoms with E-state index in [1.54, 1.807) is 18.2 Å². The summed E-state index contributed by atoms with van der Waals surface area (Å²) in [4.78, 5) is 24.3. The van der Waals surface area contributed by atoms with E-state index in [9.17, 15) is 14.7 Å². The number of ether oxygens (including phenoxy) is 1. The molecule has 0 bridgehead atoms. The van der Waals surface area contributed by atoms with Gasteiger partial charge in [0.1, 0.15) is 11.4 Å². The van der Waals surface area contributed by atoms with Gasteiger partial charge in [0.15, 0.2) is 0 Å². The number of rotatable bonds is 3. The normalized spacial score (nSPS) is 10.7. The van der Waals surface area contributed by atoms with Gasteiger partial charge >= 0.3 is 5.97 Å². The molecule has 0 aliphatic carbocycles. The van der Waals surface area contributed by atoms with E-state index in [0.29, 0.717) is 22.1 Å². The van der Waals surface area contributed by atoms with Crippen LogP contribution in [0.1, 0.15) is 10.5 Å². The van der Waals surface area contributed by atoms with Gasteiger partial charge in [-0.3, -0.25) is 4.79 Å². The maximum Gasteiger partial charge on any atom is 0.353 e. The summed E-state index contributed by atoms with van der Waals surface area (Å²) >= 11 is 0. The molecule has 0 aliphatic rings. The number of aromatic carboxylic acids is 1. The first-order chi connectivity index (χ1) is 11.0. The Balaban J connectivity index is 2.54. The largest absolute Gasteiger partial charge is 0.497 e. The van der Waals surface area contributed by atoms with Crippen molar-refractivity contribution in [1.29, 1.82) is 0 Å². The number of carboxylic acids is 1. The minimum Gasteiger partial charge on any atom is -0.497 e. The van der Waals surface area contributed by atoms with Crippen molar-refractivity contribution in [3.63, 3.8) is 0 Å². The third kappa shape index (κ3) is 2.36. The fraction of sp³-hybridized carbons (Fsp3) is 0.111. The summed E-state index contributed by atoms with van der Waals surface area (Å²) in [5.41, 5.74) is 0.878. The molecule has 1 heterocycles. The molecule has 0 spiro atoms. The van der Waals surface area contributed by atoms with Gasteiger partial charge in [-0.05, 0) is 29.1 Å². The molecule has 2 aromatic carbocycles. The number of aromatic nitrogens is 1. The number of hydrogen-bond donors (Lipinski definition) is 1. The van der Waals surface area contributed by atoms with Crippen LogP contribution in [-0.4, -0.2) is 22.8 Å². The Morgan fingerprint density at radius 3 is 2.39 bits per heavy atom. The van der Waals surface area contributed by atoms with Crippen LogP contribution in [0.15, 0.2) is 53.3 Å². The second-order valence-electron chi connectivity index (χ2n) is 5.17. The number of hydrogen-bond acceptors (Lipinski definition) is 3. The summed E-state index contributed by atoms with van der Waals surface area (Å²) in [5, 5.41) is 10.6. The number of methoxy groups -OCH3 is 1. The maximum atomic E-state index is 12.5. The van der Waals surface area contributed by atoms with Crippen LogP contribution in [0.25, 0.3) is 21.9 Å². The topological polar surface area (TPSA) is 68.5 Å². The summed E-state index contributed by atoms with van der Waals surface area (Å²) in [7, 11) is 2.99. The van der Waals surface area contributed by atoms with Gasteiger partial charge in [-0.25, -0.2) is 4.79 Å². The summed E-state index contributed by atoms with van der Waals surface area (Å²) < 4.78 is 6.35. The summed E-state index contributed by atoms with van der Waals surface area (Å²) in [6.07, 6.45) is 0. The van der Waals surface area contributed by atoms with E-state index in [1.807, 2.05) is 30.3 Å². The van der Waals surface area contributed by atoms with Crippen molar-refractivity contribution in [2.75, 3.05) is 7.11 Å². The number of carbonyl (C=O) groups is 1. The molecular formula is C18H15NO4. The van der Waals surface area contributed by atoms with Crippen LogP contribution in [0.2, 0.25) is 0 Å². The number of fused-ring (bicyclic) bond motifs is 1. The lowest BCUT2D eigenvalue weighted by atomic mass is 9.96. The van der Waals surface area contributed by atoms with Crippen LogP contribution >= 0.6 is 0 Å². The van der Waals surface area contributed by atoms with Crippen molar-refractivity contribution in [3.8, 4) is 16.9 Å². The van der Waals surface area contributed by atoms with Gasteiger partial charge in [0.25, 0.3) is 5.56 Å². The van der Waals surface area contributed by atoms with E-state index < -0.39 is 5.97 Å². The number of pyridine rings is 1. The molecular weight excluding hydrogens is 294 g/mol. The summed E-state index contributed by atoms with van der Waals surface area (Å²) in [5.74, 6) is -0.585. The summed E-state index contributed by atoms with van der Waals surface area (Å²) in [6.45, 7) is 0. The fourth-order valence-corrected chi connectivity index (χ4v) is 2.77. The van der Waals surface area contributed by atoms with E-state index >= 15 is 0 Å². The Bertz CT molecular complexity index is 958. The third-order valence-corrected chi connectivity index (χ3v) is 3.87. The first-order valence-corrected chi connectivity index (χ1v) is 7.04. The van der Waals surface area contributed by atoms with Gasteiger partial charge in [0.2, 0.25) is 0 Å². The monoisotopic (exact) mass is 309 g/mol. The zero-order valence-electron chi connectivity index (χ0n) is 12.7. The van der Waals surface area contributed by atoms with Crippen molar-refractivity contribution in [2.45, 2.75) is 0 Å². The Hall–Kier alpha value is -3.08. The molecule has 0 saturated carbocycles. The Morgan fingerprint density at radius 2 is 1.78 bits per heavy atom. The molecule has 0 amide bonds. The molecule has 3 rings (SSSR count). The van der Waals surface area contributed by atoms with E-state index in [4.69, 9.17) is 4.74 Å². The van der Waals surface area contributed by atoms with Gasteiger partial charge in [0, 0.05) is 12.6 Å². The first kappa shape index (κ1) is 14.8. The van der Waals surface area contributed by atoms with E-state index in [0.717, 1.165) is 5.56 Å². The molecule has 1 N–H and O–H groups in total. The highest BCUT2D eigenvalue weighted by Crippen LogP contribution is 2.32. The van der Waals surface area contributed by atoms with E-state index in [-0.39, 0.29) is 11.3 Å². The highest BCUT2D eigenvalue weighted by atomic mass is 16.5. The van der Waals surface area contributed by atoms with Crippen LogP contribution in [0, 0.1) is 0 Å². The highest BCUT2D eigenvalue weighted by Gasteiger charge is 2.21. The average Bonchev–Trinajstić information content (AvgIpc) is 2.57. The van der Waals surface area contributed by atoms with Gasteiger partial charge < -0.3 is 14.4 Å². The first-order valence-electron chi connectivity index (χ1n) is 7.04. The zero-order chi connectivity index (χ0) is 16.6. The van der Waals surface area contributed by atoms with Crippen molar-refractivity contribution in [2.24, 2.45) is 7.05 Å². The van der Waals surface area contributed by atoms with Crippen LogP contribution in [0.5, 0.6) is 5.75 Å². The lowest BCUT2D eigenvalue weighted by molar-refractivity contribution is 0.0686. The van der Waals surface area contributed by atoms with Crippen LogP contribution in [0.4, 0.5) is 0 Å².